The van der Waals surface area contributed by atoms with Crippen molar-refractivity contribution in [2.75, 3.05) is 17.6 Å². The van der Waals surface area contributed by atoms with E-state index in [0.29, 0.717) is 23.0 Å². The minimum Gasteiger partial charge on any atom is -0.506 e. The molecule has 10 heteroatoms. The molecule has 3 rings (SSSR count). The van der Waals surface area contributed by atoms with Crippen molar-refractivity contribution in [2.24, 2.45) is 16.1 Å². The van der Waals surface area contributed by atoms with Gasteiger partial charge in [-0.05, 0) is 55.9 Å². The highest BCUT2D eigenvalue weighted by molar-refractivity contribution is 7.85. The number of aliphatic hydroxyl groups excluding tert-OH is 1. The first kappa shape index (κ1) is 29.0. The average Bonchev–Trinajstić information content (AvgIpc) is 2.82. The van der Waals surface area contributed by atoms with E-state index in [1.165, 1.54) is 6.26 Å². The molecule has 2 aromatic rings. The lowest BCUT2D eigenvalue weighted by Crippen LogP contribution is -2.42. The molecule has 0 fully saturated rings. The largest absolute Gasteiger partial charge is 0.506 e. The van der Waals surface area contributed by atoms with Gasteiger partial charge in [-0.3, -0.25) is 4.79 Å². The number of nitrogens with zero attached hydrogens (tertiary/aromatic N) is 1. The summed E-state index contributed by atoms with van der Waals surface area (Å²) >= 11 is 0. The highest BCUT2D eigenvalue weighted by Crippen LogP contribution is 2.44. The van der Waals surface area contributed by atoms with Gasteiger partial charge in [0.25, 0.3) is 0 Å². The number of carbonyl (C=O) groups excluding carboxylic acids is 1. The zero-order valence-corrected chi connectivity index (χ0v) is 23.9. The molecular formula is C27H36N3O5PS. The smallest absolute Gasteiger partial charge is 0.204 e. The molecule has 37 heavy (non-hydrogen) atoms. The van der Waals surface area contributed by atoms with Crippen molar-refractivity contribution in [1.82, 2.24) is 0 Å². The summed E-state index contributed by atoms with van der Waals surface area (Å²) in [6, 6.07) is 12.2. The van der Waals surface area contributed by atoms with Crippen LogP contribution in [0.4, 0.5) is 11.4 Å². The number of hydrogen-bond acceptors (Lipinski definition) is 6. The Balaban J connectivity index is 2.14. The van der Waals surface area contributed by atoms with Gasteiger partial charge in [0.2, 0.25) is 8.38 Å². The van der Waals surface area contributed by atoms with E-state index in [1.54, 1.807) is 31.2 Å². The summed E-state index contributed by atoms with van der Waals surface area (Å²) in [5, 5.41) is 11.5. The second kappa shape index (κ2) is 11.4. The molecule has 0 radical (unpaired) electrons. The fourth-order valence-corrected chi connectivity index (χ4v) is 5.71. The number of Topliss-reactive ketones (excluding diaryl/α,β-unsaturated/α-hetero) is 1. The Labute approximate surface area is 222 Å². The molecule has 2 aromatic carbocycles. The number of amidine groups is 1. The first-order valence-electron chi connectivity index (χ1n) is 12.1. The fraction of sp³-hybridized carbons (Fsp3) is 0.407. The zero-order chi connectivity index (χ0) is 27.5. The molecule has 0 amide bonds. The first-order valence-corrected chi connectivity index (χ1v) is 14.8. The van der Waals surface area contributed by atoms with Crippen LogP contribution in [0.25, 0.3) is 5.76 Å². The topological polar surface area (TPSA) is 134 Å². The number of hydrogen-bond donors (Lipinski definition) is 4. The van der Waals surface area contributed by atoms with Crippen molar-refractivity contribution >= 4 is 53.4 Å². The predicted octanol–water partition coefficient (Wildman–Crippen LogP) is 4.98. The van der Waals surface area contributed by atoms with Crippen LogP contribution in [0.15, 0.2) is 53.0 Å². The van der Waals surface area contributed by atoms with E-state index < -0.39 is 24.8 Å². The van der Waals surface area contributed by atoms with Crippen LogP contribution in [0.1, 0.15) is 58.6 Å². The third-order valence-corrected chi connectivity index (χ3v) is 8.10. The van der Waals surface area contributed by atoms with Gasteiger partial charge in [-0.25, -0.2) is 9.20 Å². The molecule has 0 saturated carbocycles. The maximum absolute atomic E-state index is 14.0. The van der Waals surface area contributed by atoms with Crippen molar-refractivity contribution in [3.05, 3.63) is 59.2 Å². The molecule has 0 saturated heterocycles. The summed E-state index contributed by atoms with van der Waals surface area (Å²) in [7, 11) is -3.38. The van der Waals surface area contributed by atoms with Gasteiger partial charge in [-0.2, -0.15) is 0 Å². The normalized spacial score (nSPS) is 20.0. The number of rotatable bonds is 9. The summed E-state index contributed by atoms with van der Waals surface area (Å²) in [6.45, 7) is 10.3. The maximum Gasteiger partial charge on any atom is 0.204 e. The number of aliphatic hydroxyl groups is 1. The lowest BCUT2D eigenvalue weighted by atomic mass is 9.65. The molecule has 8 nitrogen and oxygen atoms in total. The number of anilines is 1. The average molecular weight is 546 g/mol. The lowest BCUT2D eigenvalue weighted by molar-refractivity contribution is -0.120. The fourth-order valence-electron chi connectivity index (χ4n) is 4.30. The summed E-state index contributed by atoms with van der Waals surface area (Å²) < 4.78 is 19.8. The Bertz CT molecular complexity index is 1270. The van der Waals surface area contributed by atoms with Crippen LogP contribution in [0, 0.1) is 5.41 Å². The molecule has 0 bridgehead atoms. The Hall–Kier alpha value is -2.58. The van der Waals surface area contributed by atoms with E-state index in [1.807, 2.05) is 25.1 Å². The molecule has 3 atom stereocenters. The summed E-state index contributed by atoms with van der Waals surface area (Å²) in [6.07, 6.45) is 2.85. The molecule has 0 aliphatic heterocycles. The van der Waals surface area contributed by atoms with Crippen LogP contribution in [0.3, 0.4) is 0 Å². The summed E-state index contributed by atoms with van der Waals surface area (Å²) in [4.78, 5) is 29.1. The van der Waals surface area contributed by atoms with Gasteiger partial charge < -0.3 is 25.0 Å². The summed E-state index contributed by atoms with van der Waals surface area (Å²) in [5.74, 6) is -0.668. The summed E-state index contributed by atoms with van der Waals surface area (Å²) in [5.41, 5.74) is 7.58. The van der Waals surface area contributed by atoms with Gasteiger partial charge in [0.15, 0.2) is 5.78 Å². The zero-order valence-electron chi connectivity index (χ0n) is 22.2. The Morgan fingerprint density at radius 1 is 1.24 bits per heavy atom. The number of ketones is 1. The number of benzene rings is 2. The predicted molar refractivity (Wildman–Crippen MR) is 153 cm³/mol. The van der Waals surface area contributed by atoms with E-state index in [4.69, 9.17) is 10.3 Å². The standard InChI is InChI=1S/C27H36N3O5PS/c1-7-35-36(33)21-16-17(30-37(6)34)12-13-20(21)29-25(28)22-23(31)18-10-8-9-11-19(18)27(5,24(22)32)15-14-26(2,3)4/h8-13,16,30-31,33H,7,14-15H2,1-6H3,(H2,28,29). The molecule has 5 N–H and O–H groups in total. The third-order valence-electron chi connectivity index (χ3n) is 6.31. The van der Waals surface area contributed by atoms with Gasteiger partial charge >= 0.3 is 0 Å². The third kappa shape index (κ3) is 6.47. The lowest BCUT2D eigenvalue weighted by Gasteiger charge is -2.37. The second-order valence-corrected chi connectivity index (χ2v) is 12.8. The van der Waals surface area contributed by atoms with Gasteiger partial charge in [-0.15, -0.1) is 0 Å². The molecular weight excluding hydrogens is 509 g/mol. The molecule has 0 aromatic heterocycles. The number of nitrogens with two attached hydrogens (primary N) is 1. The first-order chi connectivity index (χ1) is 17.3. The van der Waals surface area contributed by atoms with Crippen molar-refractivity contribution in [1.29, 1.82) is 0 Å². The van der Waals surface area contributed by atoms with Crippen LogP contribution >= 0.6 is 8.38 Å². The Morgan fingerprint density at radius 3 is 2.54 bits per heavy atom. The minimum atomic E-state index is -2.05. The molecule has 0 heterocycles. The van der Waals surface area contributed by atoms with Crippen LogP contribution in [0.5, 0.6) is 0 Å². The van der Waals surface area contributed by atoms with Crippen LogP contribution in [0.2, 0.25) is 0 Å². The highest BCUT2D eigenvalue weighted by atomic mass is 32.2. The van der Waals surface area contributed by atoms with Crippen LogP contribution in [-0.4, -0.2) is 38.7 Å². The van der Waals surface area contributed by atoms with E-state index in [-0.39, 0.29) is 40.7 Å². The van der Waals surface area contributed by atoms with E-state index in [9.17, 15) is 19.0 Å². The SMILES string of the molecule is CCOP(O)c1cc(NS(C)=O)ccc1N=C(N)C1=C(O)c2ccccc2C(C)(CCC(C)(C)C)C1=O. The van der Waals surface area contributed by atoms with Crippen molar-refractivity contribution in [2.45, 2.75) is 52.9 Å². The highest BCUT2D eigenvalue weighted by Gasteiger charge is 2.45. The second-order valence-electron chi connectivity index (χ2n) is 10.4. The van der Waals surface area contributed by atoms with Gasteiger partial charge in [0.05, 0.1) is 23.0 Å². The quantitative estimate of drug-likeness (QED) is 0.199. The number of nitrogens with one attached hydrogen (secondary N) is 1. The van der Waals surface area contributed by atoms with Gasteiger partial charge in [0.1, 0.15) is 28.2 Å². The van der Waals surface area contributed by atoms with E-state index in [2.05, 4.69) is 30.5 Å². The number of carbonyl (C=O) groups is 1. The Morgan fingerprint density at radius 2 is 1.92 bits per heavy atom. The van der Waals surface area contributed by atoms with Gasteiger partial charge in [-0.1, -0.05) is 45.0 Å². The van der Waals surface area contributed by atoms with Crippen molar-refractivity contribution < 1.29 is 23.5 Å². The number of fused-ring (bicyclic) bond motifs is 1. The molecule has 1 aliphatic carbocycles. The molecule has 0 spiro atoms. The van der Waals surface area contributed by atoms with Crippen LogP contribution in [-0.2, 0) is 25.7 Å². The molecule has 3 unspecified atom stereocenters. The monoisotopic (exact) mass is 545 g/mol. The van der Waals surface area contributed by atoms with E-state index >= 15 is 0 Å². The van der Waals surface area contributed by atoms with Gasteiger partial charge in [0, 0.05) is 17.5 Å². The minimum absolute atomic E-state index is 0.00561. The van der Waals surface area contributed by atoms with Crippen molar-refractivity contribution in [3.63, 3.8) is 0 Å². The van der Waals surface area contributed by atoms with Crippen LogP contribution < -0.4 is 15.8 Å². The Kier molecular flexibility index (Phi) is 8.96. The molecule has 1 aliphatic rings. The van der Waals surface area contributed by atoms with Crippen molar-refractivity contribution in [3.8, 4) is 0 Å². The molecule has 200 valence electrons. The maximum atomic E-state index is 14.0. The number of aliphatic imine (C=N–C) groups is 1. The van der Waals surface area contributed by atoms with E-state index in [0.717, 1.165) is 12.0 Å².